The third-order valence-electron chi connectivity index (χ3n) is 3.88. The number of nitrogens with one attached hydrogen (secondary N) is 1. The lowest BCUT2D eigenvalue weighted by atomic mass is 10.1. The van der Waals surface area contributed by atoms with Crippen LogP contribution in [0, 0.1) is 5.92 Å². The van der Waals surface area contributed by atoms with Gasteiger partial charge in [-0.25, -0.2) is 0 Å². The third-order valence-corrected chi connectivity index (χ3v) is 3.88. The number of phenols is 1. The smallest absolute Gasteiger partial charge is 0.401 e. The number of alkyl halides is 3. The van der Waals surface area contributed by atoms with Gasteiger partial charge < -0.3 is 10.4 Å². The Balaban J connectivity index is 1.75. The van der Waals surface area contributed by atoms with Crippen molar-refractivity contribution in [1.82, 2.24) is 10.2 Å². The molecule has 0 radical (unpaired) electrons. The SMILES string of the molecule is CC(NCC1CCN(CC(F)(F)F)C1)c1ccc(O)cc1. The van der Waals surface area contributed by atoms with Gasteiger partial charge in [0, 0.05) is 12.6 Å². The number of hydrogen-bond acceptors (Lipinski definition) is 3. The summed E-state index contributed by atoms with van der Waals surface area (Å²) in [6, 6.07) is 7.07. The first-order valence-electron chi connectivity index (χ1n) is 7.15. The van der Waals surface area contributed by atoms with Gasteiger partial charge in [-0.1, -0.05) is 12.1 Å². The molecule has 2 N–H and O–H groups in total. The lowest BCUT2D eigenvalue weighted by molar-refractivity contribution is -0.143. The molecule has 3 nitrogen and oxygen atoms in total. The highest BCUT2D eigenvalue weighted by Crippen LogP contribution is 2.23. The van der Waals surface area contributed by atoms with E-state index in [2.05, 4.69) is 5.32 Å². The predicted octanol–water partition coefficient (Wildman–Crippen LogP) is 2.93. The van der Waals surface area contributed by atoms with Crippen LogP contribution in [0.2, 0.25) is 0 Å². The zero-order chi connectivity index (χ0) is 15.5. The summed E-state index contributed by atoms with van der Waals surface area (Å²) in [6.07, 6.45) is -3.31. The average molecular weight is 302 g/mol. The summed E-state index contributed by atoms with van der Waals surface area (Å²) >= 11 is 0. The number of hydrogen-bond donors (Lipinski definition) is 2. The first-order chi connectivity index (χ1) is 9.83. The van der Waals surface area contributed by atoms with Gasteiger partial charge >= 0.3 is 6.18 Å². The molecule has 1 aliphatic heterocycles. The summed E-state index contributed by atoms with van der Waals surface area (Å²) in [5, 5.41) is 12.6. The van der Waals surface area contributed by atoms with Crippen molar-refractivity contribution in [1.29, 1.82) is 0 Å². The van der Waals surface area contributed by atoms with Gasteiger partial charge in [0.1, 0.15) is 5.75 Å². The first-order valence-corrected chi connectivity index (χ1v) is 7.15. The number of aromatic hydroxyl groups is 1. The molecule has 0 spiro atoms. The van der Waals surface area contributed by atoms with E-state index in [0.29, 0.717) is 19.6 Å². The summed E-state index contributed by atoms with van der Waals surface area (Å²) in [7, 11) is 0. The first kappa shape index (κ1) is 16.1. The van der Waals surface area contributed by atoms with Crippen LogP contribution >= 0.6 is 0 Å². The van der Waals surface area contributed by atoms with E-state index < -0.39 is 12.7 Å². The van der Waals surface area contributed by atoms with Gasteiger partial charge in [0.2, 0.25) is 0 Å². The third kappa shape index (κ3) is 5.21. The number of rotatable bonds is 5. The zero-order valence-electron chi connectivity index (χ0n) is 12.0. The van der Waals surface area contributed by atoms with Crippen LogP contribution in [0.5, 0.6) is 5.75 Å². The van der Waals surface area contributed by atoms with E-state index in [-0.39, 0.29) is 17.7 Å². The van der Waals surface area contributed by atoms with E-state index in [0.717, 1.165) is 12.0 Å². The van der Waals surface area contributed by atoms with Crippen molar-refractivity contribution in [2.75, 3.05) is 26.2 Å². The highest BCUT2D eigenvalue weighted by molar-refractivity contribution is 5.27. The molecule has 0 aliphatic carbocycles. The van der Waals surface area contributed by atoms with E-state index >= 15 is 0 Å². The molecule has 2 rings (SSSR count). The van der Waals surface area contributed by atoms with Crippen LogP contribution in [0.4, 0.5) is 13.2 Å². The van der Waals surface area contributed by atoms with Crippen LogP contribution < -0.4 is 5.32 Å². The molecule has 1 saturated heterocycles. The van der Waals surface area contributed by atoms with E-state index in [9.17, 15) is 18.3 Å². The molecular formula is C15H21F3N2O. The Bertz CT molecular complexity index is 447. The minimum atomic E-state index is -4.11. The lowest BCUT2D eigenvalue weighted by Gasteiger charge is -2.19. The fourth-order valence-electron chi connectivity index (χ4n) is 2.70. The number of benzene rings is 1. The standard InChI is InChI=1S/C15H21F3N2O/c1-11(13-2-4-14(21)5-3-13)19-8-12-6-7-20(9-12)10-15(16,17)18/h2-5,11-12,19,21H,6-10H2,1H3. The zero-order valence-corrected chi connectivity index (χ0v) is 12.0. The van der Waals surface area contributed by atoms with Crippen molar-refractivity contribution >= 4 is 0 Å². The van der Waals surface area contributed by atoms with Crippen molar-refractivity contribution in [3.8, 4) is 5.75 Å². The van der Waals surface area contributed by atoms with E-state index in [1.807, 2.05) is 19.1 Å². The monoisotopic (exact) mass is 302 g/mol. The van der Waals surface area contributed by atoms with E-state index in [4.69, 9.17) is 0 Å². The summed E-state index contributed by atoms with van der Waals surface area (Å²) in [5.74, 6) is 0.483. The van der Waals surface area contributed by atoms with Crippen molar-refractivity contribution in [3.63, 3.8) is 0 Å². The second-order valence-electron chi connectivity index (χ2n) is 5.73. The molecule has 1 aromatic rings. The van der Waals surface area contributed by atoms with E-state index in [1.165, 1.54) is 4.90 Å². The maximum Gasteiger partial charge on any atom is 0.401 e. The number of likely N-dealkylation sites (tertiary alicyclic amines) is 1. The Kier molecular flexibility index (Phi) is 5.11. The Labute approximate surface area is 122 Å². The average Bonchev–Trinajstić information content (AvgIpc) is 2.82. The quantitative estimate of drug-likeness (QED) is 0.878. The van der Waals surface area contributed by atoms with Gasteiger partial charge in [0.25, 0.3) is 0 Å². The molecule has 2 unspecified atom stereocenters. The highest BCUT2D eigenvalue weighted by atomic mass is 19.4. The topological polar surface area (TPSA) is 35.5 Å². The Hall–Kier alpha value is -1.27. The molecular weight excluding hydrogens is 281 g/mol. The van der Waals surface area contributed by atoms with Crippen LogP contribution in [0.15, 0.2) is 24.3 Å². The van der Waals surface area contributed by atoms with Crippen molar-refractivity contribution < 1.29 is 18.3 Å². The summed E-state index contributed by atoms with van der Waals surface area (Å²) in [4.78, 5) is 1.47. The molecule has 1 heterocycles. The molecule has 2 atom stereocenters. The van der Waals surface area contributed by atoms with Gasteiger partial charge in [-0.05, 0) is 50.0 Å². The largest absolute Gasteiger partial charge is 0.508 e. The maximum absolute atomic E-state index is 12.3. The van der Waals surface area contributed by atoms with Crippen LogP contribution in [0.3, 0.4) is 0 Å². The molecule has 6 heteroatoms. The second-order valence-corrected chi connectivity index (χ2v) is 5.73. The lowest BCUT2D eigenvalue weighted by Crippen LogP contribution is -2.34. The Morgan fingerprint density at radius 1 is 1.33 bits per heavy atom. The van der Waals surface area contributed by atoms with Gasteiger partial charge in [-0.2, -0.15) is 13.2 Å². The fourth-order valence-corrected chi connectivity index (χ4v) is 2.70. The molecule has 0 aromatic heterocycles. The van der Waals surface area contributed by atoms with Crippen LogP contribution in [0.1, 0.15) is 24.9 Å². The van der Waals surface area contributed by atoms with Crippen molar-refractivity contribution in [3.05, 3.63) is 29.8 Å². The molecule has 0 bridgehead atoms. The maximum atomic E-state index is 12.3. The van der Waals surface area contributed by atoms with Gasteiger partial charge in [0.15, 0.2) is 0 Å². The Morgan fingerprint density at radius 2 is 2.00 bits per heavy atom. The van der Waals surface area contributed by atoms with Gasteiger partial charge in [-0.15, -0.1) is 0 Å². The summed E-state index contributed by atoms with van der Waals surface area (Å²) in [5.41, 5.74) is 1.05. The van der Waals surface area contributed by atoms with Crippen LogP contribution in [-0.4, -0.2) is 42.4 Å². The minimum absolute atomic E-state index is 0.113. The molecule has 1 aliphatic rings. The highest BCUT2D eigenvalue weighted by Gasteiger charge is 2.34. The van der Waals surface area contributed by atoms with Crippen LogP contribution in [-0.2, 0) is 0 Å². The van der Waals surface area contributed by atoms with E-state index in [1.54, 1.807) is 12.1 Å². The Morgan fingerprint density at radius 3 is 2.62 bits per heavy atom. The molecule has 1 fully saturated rings. The molecule has 118 valence electrons. The number of halogens is 3. The molecule has 0 amide bonds. The second kappa shape index (κ2) is 6.66. The van der Waals surface area contributed by atoms with Crippen LogP contribution in [0.25, 0.3) is 0 Å². The normalized spacial score (nSPS) is 21.6. The fraction of sp³-hybridized carbons (Fsp3) is 0.600. The minimum Gasteiger partial charge on any atom is -0.508 e. The predicted molar refractivity (Wildman–Crippen MR) is 75.1 cm³/mol. The summed E-state index contributed by atoms with van der Waals surface area (Å²) < 4.78 is 37.0. The number of nitrogens with zero attached hydrogens (tertiary/aromatic N) is 1. The van der Waals surface area contributed by atoms with Crippen molar-refractivity contribution in [2.24, 2.45) is 5.92 Å². The van der Waals surface area contributed by atoms with Gasteiger partial charge in [0.05, 0.1) is 6.54 Å². The number of phenolic OH excluding ortho intramolecular Hbond substituents is 1. The molecule has 1 aromatic carbocycles. The summed E-state index contributed by atoms with van der Waals surface area (Å²) in [6.45, 7) is 2.91. The van der Waals surface area contributed by atoms with Crippen molar-refractivity contribution in [2.45, 2.75) is 25.6 Å². The van der Waals surface area contributed by atoms with Gasteiger partial charge in [-0.3, -0.25) is 4.90 Å². The molecule has 21 heavy (non-hydrogen) atoms. The molecule has 0 saturated carbocycles.